The van der Waals surface area contributed by atoms with Gasteiger partial charge in [0, 0.05) is 52.0 Å². The van der Waals surface area contributed by atoms with Crippen molar-refractivity contribution in [1.29, 1.82) is 0 Å². The molecule has 2 saturated heterocycles. The van der Waals surface area contributed by atoms with Crippen molar-refractivity contribution in [3.05, 3.63) is 0 Å². The minimum absolute atomic E-state index is 0.233. The Morgan fingerprint density at radius 2 is 1.90 bits per heavy atom. The van der Waals surface area contributed by atoms with Gasteiger partial charge in [0.05, 0.1) is 5.41 Å². The fourth-order valence-electron chi connectivity index (χ4n) is 3.60. The Labute approximate surface area is 128 Å². The molecule has 0 unspecified atom stereocenters. The van der Waals surface area contributed by atoms with Crippen LogP contribution >= 0.6 is 0 Å². The van der Waals surface area contributed by atoms with Gasteiger partial charge in [0.15, 0.2) is 0 Å². The van der Waals surface area contributed by atoms with Crippen LogP contribution in [0.15, 0.2) is 0 Å². The Balaban J connectivity index is 1.96. The third-order valence-corrected chi connectivity index (χ3v) is 5.39. The zero-order chi connectivity index (χ0) is 15.5. The summed E-state index contributed by atoms with van der Waals surface area (Å²) < 4.78 is 5.41. The van der Waals surface area contributed by atoms with Crippen molar-refractivity contribution in [3.8, 4) is 0 Å². The number of amides is 1. The Hall–Kier alpha value is -0.650. The molecule has 2 N–H and O–H groups in total. The van der Waals surface area contributed by atoms with Gasteiger partial charge in [0.25, 0.3) is 0 Å². The fraction of sp³-hybridized carbons (Fsp3) is 0.938. The number of likely N-dealkylation sites (tertiary alicyclic amines) is 1. The van der Waals surface area contributed by atoms with E-state index in [1.807, 2.05) is 11.9 Å². The molecule has 21 heavy (non-hydrogen) atoms. The summed E-state index contributed by atoms with van der Waals surface area (Å²) in [5.74, 6) is 0.233. The van der Waals surface area contributed by atoms with E-state index < -0.39 is 0 Å². The van der Waals surface area contributed by atoms with Gasteiger partial charge in [-0.05, 0) is 39.5 Å². The summed E-state index contributed by atoms with van der Waals surface area (Å²) in [7, 11) is 1.96. The Morgan fingerprint density at radius 3 is 2.38 bits per heavy atom. The maximum atomic E-state index is 12.9. The van der Waals surface area contributed by atoms with Crippen LogP contribution in [0.2, 0.25) is 0 Å². The van der Waals surface area contributed by atoms with Gasteiger partial charge in [-0.25, -0.2) is 0 Å². The van der Waals surface area contributed by atoms with Crippen molar-refractivity contribution in [1.82, 2.24) is 9.80 Å². The lowest BCUT2D eigenvalue weighted by Gasteiger charge is -2.43. The second kappa shape index (κ2) is 7.07. The lowest BCUT2D eigenvalue weighted by Crippen LogP contribution is -2.54. The van der Waals surface area contributed by atoms with Crippen molar-refractivity contribution >= 4 is 5.91 Å². The molecule has 0 aromatic heterocycles. The van der Waals surface area contributed by atoms with Gasteiger partial charge in [-0.3, -0.25) is 4.79 Å². The molecular formula is C16H31N3O2. The van der Waals surface area contributed by atoms with Gasteiger partial charge in [-0.15, -0.1) is 0 Å². The molecule has 0 aromatic carbocycles. The first-order chi connectivity index (χ1) is 10.00. The van der Waals surface area contributed by atoms with E-state index in [4.69, 9.17) is 10.5 Å². The summed E-state index contributed by atoms with van der Waals surface area (Å²) in [4.78, 5) is 17.4. The number of rotatable bonds is 4. The summed E-state index contributed by atoms with van der Waals surface area (Å²) in [5.41, 5.74) is 5.57. The van der Waals surface area contributed by atoms with Gasteiger partial charge in [-0.1, -0.05) is 0 Å². The molecule has 0 saturated carbocycles. The molecule has 0 aromatic rings. The molecule has 2 heterocycles. The molecule has 122 valence electrons. The van der Waals surface area contributed by atoms with Crippen LogP contribution in [-0.2, 0) is 9.53 Å². The second-order valence-corrected chi connectivity index (χ2v) is 6.87. The molecule has 2 fully saturated rings. The smallest absolute Gasteiger partial charge is 0.230 e. The van der Waals surface area contributed by atoms with E-state index in [1.54, 1.807) is 0 Å². The first-order valence-corrected chi connectivity index (χ1v) is 8.29. The fourth-order valence-corrected chi connectivity index (χ4v) is 3.60. The summed E-state index contributed by atoms with van der Waals surface area (Å²) in [6.45, 7) is 8.38. The van der Waals surface area contributed by atoms with Crippen LogP contribution < -0.4 is 5.73 Å². The second-order valence-electron chi connectivity index (χ2n) is 6.87. The predicted octanol–water partition coefficient (Wildman–Crippen LogP) is 1.07. The average Bonchev–Trinajstić information content (AvgIpc) is 2.54. The van der Waals surface area contributed by atoms with Crippen molar-refractivity contribution < 1.29 is 9.53 Å². The first-order valence-electron chi connectivity index (χ1n) is 8.29. The molecule has 0 aliphatic carbocycles. The van der Waals surface area contributed by atoms with Gasteiger partial charge in [0.1, 0.15) is 0 Å². The molecule has 2 aliphatic heterocycles. The van der Waals surface area contributed by atoms with E-state index in [0.29, 0.717) is 31.8 Å². The molecule has 0 radical (unpaired) electrons. The van der Waals surface area contributed by atoms with E-state index >= 15 is 0 Å². The minimum atomic E-state index is -0.387. The molecule has 2 aliphatic rings. The molecule has 2 rings (SSSR count). The highest BCUT2D eigenvalue weighted by Crippen LogP contribution is 2.33. The quantitative estimate of drug-likeness (QED) is 0.843. The van der Waals surface area contributed by atoms with Crippen molar-refractivity contribution in [2.75, 3.05) is 39.9 Å². The number of carbonyl (C=O) groups is 1. The minimum Gasteiger partial charge on any atom is -0.381 e. The molecule has 1 amide bonds. The first kappa shape index (κ1) is 16.7. The van der Waals surface area contributed by atoms with Crippen molar-refractivity contribution in [3.63, 3.8) is 0 Å². The number of piperidine rings is 1. The summed E-state index contributed by atoms with van der Waals surface area (Å²) >= 11 is 0. The van der Waals surface area contributed by atoms with E-state index in [9.17, 15) is 4.79 Å². The van der Waals surface area contributed by atoms with Gasteiger partial charge in [-0.2, -0.15) is 0 Å². The highest BCUT2D eigenvalue weighted by atomic mass is 16.5. The Bertz CT molecular complexity index is 345. The third kappa shape index (κ3) is 3.58. The zero-order valence-corrected chi connectivity index (χ0v) is 13.8. The van der Waals surface area contributed by atoms with Crippen molar-refractivity contribution in [2.45, 2.75) is 51.6 Å². The number of nitrogens with zero attached hydrogens (tertiary/aromatic N) is 2. The van der Waals surface area contributed by atoms with Crippen LogP contribution in [0.25, 0.3) is 0 Å². The Morgan fingerprint density at radius 1 is 1.33 bits per heavy atom. The Kier molecular flexibility index (Phi) is 5.63. The number of nitrogens with two attached hydrogens (primary N) is 1. The standard InChI is InChI=1S/C16H31N3O2/c1-13(2)19-8-4-14(5-9-19)18(3)15(20)16(12-17)6-10-21-11-7-16/h13-14H,4-12,17H2,1-3H3. The number of carbonyl (C=O) groups excluding carboxylic acids is 1. The van der Waals surface area contributed by atoms with Crippen LogP contribution in [0, 0.1) is 5.41 Å². The van der Waals surface area contributed by atoms with E-state index in [0.717, 1.165) is 38.8 Å². The molecule has 5 nitrogen and oxygen atoms in total. The van der Waals surface area contributed by atoms with Crippen LogP contribution in [0.3, 0.4) is 0 Å². The maximum absolute atomic E-state index is 12.9. The molecular weight excluding hydrogens is 266 g/mol. The zero-order valence-electron chi connectivity index (χ0n) is 13.8. The average molecular weight is 297 g/mol. The highest BCUT2D eigenvalue weighted by molar-refractivity contribution is 5.83. The normalized spacial score (nSPS) is 24.2. The predicted molar refractivity (Wildman–Crippen MR) is 84.0 cm³/mol. The van der Waals surface area contributed by atoms with Gasteiger partial charge in [0.2, 0.25) is 5.91 Å². The van der Waals surface area contributed by atoms with Gasteiger partial charge < -0.3 is 20.3 Å². The van der Waals surface area contributed by atoms with E-state index in [1.165, 1.54) is 0 Å². The van der Waals surface area contributed by atoms with E-state index in [2.05, 4.69) is 18.7 Å². The van der Waals surface area contributed by atoms with Crippen molar-refractivity contribution in [2.24, 2.45) is 11.1 Å². The number of ether oxygens (including phenoxy) is 1. The van der Waals surface area contributed by atoms with Crippen LogP contribution in [-0.4, -0.2) is 67.7 Å². The topological polar surface area (TPSA) is 58.8 Å². The monoisotopic (exact) mass is 297 g/mol. The van der Waals surface area contributed by atoms with Crippen LogP contribution in [0.5, 0.6) is 0 Å². The number of hydrogen-bond acceptors (Lipinski definition) is 4. The summed E-state index contributed by atoms with van der Waals surface area (Å²) in [6, 6.07) is 0.955. The third-order valence-electron chi connectivity index (χ3n) is 5.39. The lowest BCUT2D eigenvalue weighted by molar-refractivity contribution is -0.149. The van der Waals surface area contributed by atoms with Crippen LogP contribution in [0.4, 0.5) is 0 Å². The summed E-state index contributed by atoms with van der Waals surface area (Å²) in [6.07, 6.45) is 3.66. The SMILES string of the molecule is CC(C)N1CCC(N(C)C(=O)C2(CN)CCOCC2)CC1. The molecule has 0 bridgehead atoms. The van der Waals surface area contributed by atoms with E-state index in [-0.39, 0.29) is 11.3 Å². The van der Waals surface area contributed by atoms with Crippen LogP contribution in [0.1, 0.15) is 39.5 Å². The molecule has 0 spiro atoms. The molecule has 5 heteroatoms. The number of hydrogen-bond donors (Lipinski definition) is 1. The largest absolute Gasteiger partial charge is 0.381 e. The van der Waals surface area contributed by atoms with Gasteiger partial charge >= 0.3 is 0 Å². The summed E-state index contributed by atoms with van der Waals surface area (Å²) in [5, 5.41) is 0. The maximum Gasteiger partial charge on any atom is 0.230 e. The molecule has 0 atom stereocenters. The highest BCUT2D eigenvalue weighted by Gasteiger charge is 2.42. The lowest BCUT2D eigenvalue weighted by atomic mass is 9.78.